The van der Waals surface area contributed by atoms with Gasteiger partial charge in [0.05, 0.1) is 10.5 Å². The van der Waals surface area contributed by atoms with Crippen LogP contribution in [-0.4, -0.2) is 25.5 Å². The smallest absolute Gasteiger partial charge is 0.155 e. The second kappa shape index (κ2) is 7.05. The van der Waals surface area contributed by atoms with Crippen LogP contribution in [-0.2, 0) is 16.3 Å². The van der Waals surface area contributed by atoms with E-state index >= 15 is 0 Å². The van der Waals surface area contributed by atoms with Crippen molar-refractivity contribution in [3.8, 4) is 0 Å². The number of hydrogen-bond acceptors (Lipinski definition) is 3. The minimum Gasteiger partial charge on any atom is -0.330 e. The number of halogens is 1. The molecule has 1 aromatic rings. The Labute approximate surface area is 131 Å². The molecule has 20 heavy (non-hydrogen) atoms. The van der Waals surface area contributed by atoms with Gasteiger partial charge < -0.3 is 5.73 Å². The molecule has 2 N–H and O–H groups in total. The van der Waals surface area contributed by atoms with E-state index in [1.54, 1.807) is 20.8 Å². The van der Waals surface area contributed by atoms with Crippen LogP contribution in [0.15, 0.2) is 28.7 Å². The van der Waals surface area contributed by atoms with Crippen molar-refractivity contribution >= 4 is 25.8 Å². The lowest BCUT2D eigenvalue weighted by Gasteiger charge is -2.21. The van der Waals surface area contributed by atoms with Crippen LogP contribution < -0.4 is 5.73 Å². The van der Waals surface area contributed by atoms with E-state index in [0.29, 0.717) is 13.0 Å². The van der Waals surface area contributed by atoms with E-state index in [1.807, 2.05) is 24.3 Å². The lowest BCUT2D eigenvalue weighted by Crippen LogP contribution is -2.32. The standard InChI is InChI=1S/C15H24BrNO2S/c1-15(2,3)20(18,19)9-8-12(11-17)10-13-6-4-5-7-14(13)16/h4-7,12H,8-11,17H2,1-3H3. The van der Waals surface area contributed by atoms with Gasteiger partial charge in [0.2, 0.25) is 0 Å². The zero-order valence-electron chi connectivity index (χ0n) is 12.4. The molecule has 0 bridgehead atoms. The van der Waals surface area contributed by atoms with Crippen LogP contribution in [0.3, 0.4) is 0 Å². The van der Waals surface area contributed by atoms with E-state index < -0.39 is 14.6 Å². The Bertz CT molecular complexity index is 535. The van der Waals surface area contributed by atoms with Gasteiger partial charge in [-0.05, 0) is 57.7 Å². The first-order valence-corrected chi connectivity index (χ1v) is 9.27. The molecule has 0 heterocycles. The third kappa shape index (κ3) is 4.86. The summed E-state index contributed by atoms with van der Waals surface area (Å²) < 4.78 is 24.6. The number of rotatable bonds is 6. The Morgan fingerprint density at radius 2 is 1.85 bits per heavy atom. The predicted molar refractivity (Wildman–Crippen MR) is 88.5 cm³/mol. The zero-order chi connectivity index (χ0) is 15.4. The fraction of sp³-hybridized carbons (Fsp3) is 0.600. The van der Waals surface area contributed by atoms with E-state index in [9.17, 15) is 8.42 Å². The lowest BCUT2D eigenvalue weighted by atomic mass is 9.97. The molecular weight excluding hydrogens is 338 g/mol. The van der Waals surface area contributed by atoms with Crippen molar-refractivity contribution < 1.29 is 8.42 Å². The molecule has 0 aliphatic rings. The van der Waals surface area contributed by atoms with Gasteiger partial charge in [0.1, 0.15) is 0 Å². The summed E-state index contributed by atoms with van der Waals surface area (Å²) in [6.07, 6.45) is 1.41. The van der Waals surface area contributed by atoms with E-state index in [2.05, 4.69) is 15.9 Å². The van der Waals surface area contributed by atoms with E-state index in [0.717, 1.165) is 10.9 Å². The van der Waals surface area contributed by atoms with Crippen molar-refractivity contribution in [1.29, 1.82) is 0 Å². The van der Waals surface area contributed by atoms with Gasteiger partial charge in [-0.1, -0.05) is 34.1 Å². The lowest BCUT2D eigenvalue weighted by molar-refractivity contribution is 0.502. The molecule has 0 aromatic heterocycles. The number of benzene rings is 1. The summed E-state index contributed by atoms with van der Waals surface area (Å²) >= 11 is 3.52. The number of nitrogens with two attached hydrogens (primary N) is 1. The Morgan fingerprint density at radius 3 is 2.35 bits per heavy atom. The van der Waals surface area contributed by atoms with Crippen LogP contribution in [0, 0.1) is 5.92 Å². The highest BCUT2D eigenvalue weighted by Crippen LogP contribution is 2.23. The maximum atomic E-state index is 12.1. The molecule has 114 valence electrons. The molecule has 1 unspecified atom stereocenters. The van der Waals surface area contributed by atoms with Gasteiger partial charge in [-0.15, -0.1) is 0 Å². The van der Waals surface area contributed by atoms with Gasteiger partial charge >= 0.3 is 0 Å². The maximum Gasteiger partial charge on any atom is 0.155 e. The highest BCUT2D eigenvalue weighted by atomic mass is 79.9. The first kappa shape index (κ1) is 17.7. The minimum atomic E-state index is -3.07. The van der Waals surface area contributed by atoms with Crippen molar-refractivity contribution in [3.05, 3.63) is 34.3 Å². The normalized spacial score (nSPS) is 14.2. The summed E-state index contributed by atoms with van der Waals surface area (Å²) in [6, 6.07) is 7.99. The van der Waals surface area contributed by atoms with Gasteiger partial charge in [-0.2, -0.15) is 0 Å². The third-order valence-electron chi connectivity index (χ3n) is 3.53. The van der Waals surface area contributed by atoms with Crippen molar-refractivity contribution in [2.45, 2.75) is 38.4 Å². The molecule has 0 spiro atoms. The largest absolute Gasteiger partial charge is 0.330 e. The Hall–Kier alpha value is -0.390. The van der Waals surface area contributed by atoms with Gasteiger partial charge in [-0.3, -0.25) is 0 Å². The quantitative estimate of drug-likeness (QED) is 0.846. The molecule has 0 saturated heterocycles. The molecule has 5 heteroatoms. The first-order valence-electron chi connectivity index (χ1n) is 6.83. The highest BCUT2D eigenvalue weighted by Gasteiger charge is 2.29. The average molecular weight is 362 g/mol. The van der Waals surface area contributed by atoms with Crippen molar-refractivity contribution in [1.82, 2.24) is 0 Å². The monoisotopic (exact) mass is 361 g/mol. The van der Waals surface area contributed by atoms with E-state index in [4.69, 9.17) is 5.73 Å². The molecule has 1 aromatic carbocycles. The Balaban J connectivity index is 2.68. The number of hydrogen-bond donors (Lipinski definition) is 1. The van der Waals surface area contributed by atoms with Gasteiger partial charge in [0.25, 0.3) is 0 Å². The zero-order valence-corrected chi connectivity index (χ0v) is 14.8. The van der Waals surface area contributed by atoms with Crippen molar-refractivity contribution in [2.75, 3.05) is 12.3 Å². The first-order chi connectivity index (χ1) is 9.17. The van der Waals surface area contributed by atoms with Crippen LogP contribution in [0.1, 0.15) is 32.8 Å². The summed E-state index contributed by atoms with van der Waals surface area (Å²) in [5.74, 6) is 0.383. The molecule has 0 fully saturated rings. The van der Waals surface area contributed by atoms with Crippen molar-refractivity contribution in [3.63, 3.8) is 0 Å². The molecule has 0 radical (unpaired) electrons. The van der Waals surface area contributed by atoms with Gasteiger partial charge in [-0.25, -0.2) is 8.42 Å². The average Bonchev–Trinajstić information content (AvgIpc) is 2.35. The molecule has 0 aliphatic carbocycles. The van der Waals surface area contributed by atoms with Crippen LogP contribution in [0.2, 0.25) is 0 Å². The molecule has 0 aliphatic heterocycles. The summed E-state index contributed by atoms with van der Waals surface area (Å²) in [7, 11) is -3.07. The van der Waals surface area contributed by atoms with E-state index in [1.165, 1.54) is 5.56 Å². The van der Waals surface area contributed by atoms with E-state index in [-0.39, 0.29) is 11.7 Å². The third-order valence-corrected chi connectivity index (χ3v) is 6.94. The van der Waals surface area contributed by atoms with Crippen LogP contribution in [0.5, 0.6) is 0 Å². The predicted octanol–water partition coefficient (Wildman–Crippen LogP) is 3.17. The van der Waals surface area contributed by atoms with Crippen LogP contribution in [0.25, 0.3) is 0 Å². The summed E-state index contributed by atoms with van der Waals surface area (Å²) in [4.78, 5) is 0. The van der Waals surface area contributed by atoms with Gasteiger partial charge in [0.15, 0.2) is 9.84 Å². The number of sulfone groups is 1. The molecule has 0 amide bonds. The van der Waals surface area contributed by atoms with Crippen LogP contribution >= 0.6 is 15.9 Å². The fourth-order valence-electron chi connectivity index (χ4n) is 1.91. The second-order valence-corrected chi connectivity index (χ2v) is 9.83. The summed E-state index contributed by atoms with van der Waals surface area (Å²) in [6.45, 7) is 5.73. The minimum absolute atomic E-state index is 0.186. The molecule has 1 rings (SSSR count). The molecule has 1 atom stereocenters. The Kier molecular flexibility index (Phi) is 6.23. The Morgan fingerprint density at radius 1 is 1.25 bits per heavy atom. The molecule has 3 nitrogen and oxygen atoms in total. The van der Waals surface area contributed by atoms with Gasteiger partial charge in [0, 0.05) is 4.47 Å². The topological polar surface area (TPSA) is 60.2 Å². The summed E-state index contributed by atoms with van der Waals surface area (Å²) in [5, 5.41) is 0. The van der Waals surface area contributed by atoms with Crippen LogP contribution in [0.4, 0.5) is 0 Å². The molecular formula is C15H24BrNO2S. The SMILES string of the molecule is CC(C)(C)S(=O)(=O)CCC(CN)Cc1ccccc1Br. The van der Waals surface area contributed by atoms with Crippen molar-refractivity contribution in [2.24, 2.45) is 11.7 Å². The summed E-state index contributed by atoms with van der Waals surface area (Å²) in [5.41, 5.74) is 6.98. The fourth-order valence-corrected chi connectivity index (χ4v) is 3.61. The maximum absolute atomic E-state index is 12.1. The second-order valence-electron chi connectivity index (χ2n) is 6.12. The highest BCUT2D eigenvalue weighted by molar-refractivity contribution is 9.10. The molecule has 0 saturated carbocycles.